The smallest absolute Gasteiger partial charge is 0.339 e. The summed E-state index contributed by atoms with van der Waals surface area (Å²) in [5.41, 5.74) is 3.88. The molecule has 1 aromatic heterocycles. The Morgan fingerprint density at radius 2 is 2.00 bits per heavy atom. The number of ether oxygens (including phenoxy) is 1. The number of aryl methyl sites for hydroxylation is 1. The first kappa shape index (κ1) is 13.1. The van der Waals surface area contributed by atoms with Crippen molar-refractivity contribution in [3.05, 3.63) is 40.7 Å². The van der Waals surface area contributed by atoms with Gasteiger partial charge in [-0.2, -0.15) is 5.10 Å². The third kappa shape index (κ3) is 2.19. The molecule has 1 N–H and O–H groups in total. The Hall–Kier alpha value is -2.30. The number of hydrogen-bond donors (Lipinski definition) is 1. The molecule has 0 amide bonds. The van der Waals surface area contributed by atoms with Gasteiger partial charge in [-0.25, -0.2) is 9.48 Å². The van der Waals surface area contributed by atoms with Gasteiger partial charge in [0.1, 0.15) is 11.3 Å². The first-order chi connectivity index (χ1) is 8.95. The van der Waals surface area contributed by atoms with Gasteiger partial charge >= 0.3 is 5.97 Å². The Balaban J connectivity index is 2.60. The van der Waals surface area contributed by atoms with E-state index < -0.39 is 5.97 Å². The zero-order valence-corrected chi connectivity index (χ0v) is 11.4. The van der Waals surface area contributed by atoms with Crippen molar-refractivity contribution in [2.45, 2.75) is 20.8 Å². The van der Waals surface area contributed by atoms with Crippen LogP contribution in [0.1, 0.15) is 27.3 Å². The molecule has 5 nitrogen and oxygen atoms in total. The summed E-state index contributed by atoms with van der Waals surface area (Å²) in [5.74, 6) is -0.675. The predicted octanol–water partition coefficient (Wildman–Crippen LogP) is 2.50. The second kappa shape index (κ2) is 4.76. The van der Waals surface area contributed by atoms with E-state index in [1.165, 1.54) is 7.11 Å². The molecule has 2 aromatic rings. The molecule has 0 aliphatic rings. The van der Waals surface area contributed by atoms with Crippen molar-refractivity contribution in [1.82, 2.24) is 9.78 Å². The van der Waals surface area contributed by atoms with E-state index >= 15 is 0 Å². The molecule has 100 valence electrons. The van der Waals surface area contributed by atoms with Crippen molar-refractivity contribution in [2.75, 3.05) is 7.11 Å². The van der Waals surface area contributed by atoms with Gasteiger partial charge in [0.25, 0.3) is 0 Å². The summed E-state index contributed by atoms with van der Waals surface area (Å²) in [6.07, 6.45) is 0. The maximum atomic E-state index is 11.2. The average Bonchev–Trinajstić information content (AvgIpc) is 2.65. The van der Waals surface area contributed by atoms with E-state index in [1.54, 1.807) is 22.9 Å². The van der Waals surface area contributed by atoms with Gasteiger partial charge in [-0.3, -0.25) is 0 Å². The highest BCUT2D eigenvalue weighted by Crippen LogP contribution is 2.24. The lowest BCUT2D eigenvalue weighted by molar-refractivity contribution is 0.0693. The molecule has 19 heavy (non-hydrogen) atoms. The first-order valence-corrected chi connectivity index (χ1v) is 5.90. The zero-order valence-electron chi connectivity index (χ0n) is 11.4. The van der Waals surface area contributed by atoms with Crippen LogP contribution in [0.3, 0.4) is 0 Å². The highest BCUT2D eigenvalue weighted by Gasteiger charge is 2.15. The molecular weight excluding hydrogens is 244 g/mol. The molecule has 0 fully saturated rings. The van der Waals surface area contributed by atoms with Gasteiger partial charge in [-0.15, -0.1) is 0 Å². The first-order valence-electron chi connectivity index (χ1n) is 5.90. The van der Waals surface area contributed by atoms with Crippen LogP contribution in [0.2, 0.25) is 0 Å². The van der Waals surface area contributed by atoms with Crippen LogP contribution in [0.5, 0.6) is 5.75 Å². The number of methoxy groups -OCH3 is 1. The number of aromatic nitrogens is 2. The fourth-order valence-electron chi connectivity index (χ4n) is 1.97. The van der Waals surface area contributed by atoms with Crippen LogP contribution >= 0.6 is 0 Å². The minimum absolute atomic E-state index is 0.130. The number of nitrogens with zero attached hydrogens (tertiary/aromatic N) is 2. The lowest BCUT2D eigenvalue weighted by atomic mass is 10.1. The Labute approximate surface area is 111 Å². The van der Waals surface area contributed by atoms with Crippen molar-refractivity contribution in [2.24, 2.45) is 0 Å². The van der Waals surface area contributed by atoms with E-state index in [4.69, 9.17) is 4.74 Å². The molecular formula is C14H16N2O3. The summed E-state index contributed by atoms with van der Waals surface area (Å²) in [7, 11) is 1.45. The van der Waals surface area contributed by atoms with Crippen molar-refractivity contribution in [3.8, 4) is 11.4 Å². The van der Waals surface area contributed by atoms with E-state index in [1.807, 2.05) is 20.8 Å². The molecule has 1 aromatic carbocycles. The summed E-state index contributed by atoms with van der Waals surface area (Å²) >= 11 is 0. The Bertz CT molecular complexity index is 644. The second-order valence-corrected chi connectivity index (χ2v) is 4.40. The van der Waals surface area contributed by atoms with E-state index in [2.05, 4.69) is 5.10 Å². The third-order valence-electron chi connectivity index (χ3n) is 3.31. The summed E-state index contributed by atoms with van der Waals surface area (Å²) in [5, 5.41) is 13.6. The summed E-state index contributed by atoms with van der Waals surface area (Å²) < 4.78 is 6.79. The number of benzene rings is 1. The van der Waals surface area contributed by atoms with Crippen LogP contribution in [0.25, 0.3) is 5.69 Å². The molecule has 0 atom stereocenters. The molecule has 0 saturated carbocycles. The highest BCUT2D eigenvalue weighted by molar-refractivity contribution is 5.91. The monoisotopic (exact) mass is 260 g/mol. The minimum Gasteiger partial charge on any atom is -0.496 e. The summed E-state index contributed by atoms with van der Waals surface area (Å²) in [6.45, 7) is 5.89. The van der Waals surface area contributed by atoms with Gasteiger partial charge in [0.15, 0.2) is 0 Å². The topological polar surface area (TPSA) is 64.4 Å². The highest BCUT2D eigenvalue weighted by atomic mass is 16.5. The van der Waals surface area contributed by atoms with Gasteiger partial charge in [0, 0.05) is 5.69 Å². The van der Waals surface area contributed by atoms with Crippen molar-refractivity contribution in [3.63, 3.8) is 0 Å². The fourth-order valence-corrected chi connectivity index (χ4v) is 1.97. The lowest BCUT2D eigenvalue weighted by Crippen LogP contribution is -2.05. The Morgan fingerprint density at radius 1 is 1.32 bits per heavy atom. The minimum atomic E-state index is -1.02. The summed E-state index contributed by atoms with van der Waals surface area (Å²) in [6, 6.07) is 5.01. The number of hydrogen-bond acceptors (Lipinski definition) is 3. The molecule has 2 rings (SSSR count). The number of carbonyl (C=O) groups is 1. The number of aromatic carboxylic acids is 1. The largest absolute Gasteiger partial charge is 0.496 e. The van der Waals surface area contributed by atoms with Gasteiger partial charge < -0.3 is 9.84 Å². The molecule has 0 aliphatic carbocycles. The van der Waals surface area contributed by atoms with Gasteiger partial charge in [-0.1, -0.05) is 0 Å². The predicted molar refractivity (Wildman–Crippen MR) is 71.3 cm³/mol. The maximum Gasteiger partial charge on any atom is 0.339 e. The summed E-state index contributed by atoms with van der Waals surface area (Å²) in [4.78, 5) is 11.2. The van der Waals surface area contributed by atoms with Gasteiger partial charge in [0.05, 0.1) is 18.5 Å². The standard InChI is InChI=1S/C14H16N2O3/c1-8-9(2)15-16(10(8)3)11-5-6-13(19-4)12(7-11)14(17)18/h5-7H,1-4H3,(H,17,18). The number of carboxylic acid groups (broad SMARTS) is 1. The maximum absolute atomic E-state index is 11.2. The molecule has 1 heterocycles. The number of rotatable bonds is 3. The molecule has 0 spiro atoms. The van der Waals surface area contributed by atoms with Crippen LogP contribution in [0.15, 0.2) is 18.2 Å². The molecule has 0 radical (unpaired) electrons. The quantitative estimate of drug-likeness (QED) is 0.920. The van der Waals surface area contributed by atoms with Crippen molar-refractivity contribution in [1.29, 1.82) is 0 Å². The molecule has 0 bridgehead atoms. The van der Waals surface area contributed by atoms with Gasteiger partial charge in [-0.05, 0) is 44.5 Å². The third-order valence-corrected chi connectivity index (χ3v) is 3.31. The van der Waals surface area contributed by atoms with Crippen LogP contribution in [-0.2, 0) is 0 Å². The van der Waals surface area contributed by atoms with Crippen LogP contribution in [0, 0.1) is 20.8 Å². The normalized spacial score (nSPS) is 10.5. The molecule has 0 aliphatic heterocycles. The molecule has 0 saturated heterocycles. The van der Waals surface area contributed by atoms with E-state index in [9.17, 15) is 9.90 Å². The Morgan fingerprint density at radius 3 is 2.47 bits per heavy atom. The second-order valence-electron chi connectivity index (χ2n) is 4.40. The lowest BCUT2D eigenvalue weighted by Gasteiger charge is -2.09. The number of carboxylic acids is 1. The Kier molecular flexibility index (Phi) is 3.29. The van der Waals surface area contributed by atoms with Crippen LogP contribution in [-0.4, -0.2) is 28.0 Å². The zero-order chi connectivity index (χ0) is 14.2. The van der Waals surface area contributed by atoms with Crippen LogP contribution in [0.4, 0.5) is 0 Å². The van der Waals surface area contributed by atoms with Gasteiger partial charge in [0.2, 0.25) is 0 Å². The van der Waals surface area contributed by atoms with Crippen molar-refractivity contribution < 1.29 is 14.6 Å². The average molecular weight is 260 g/mol. The van der Waals surface area contributed by atoms with E-state index in [0.29, 0.717) is 11.4 Å². The van der Waals surface area contributed by atoms with Crippen molar-refractivity contribution >= 4 is 5.97 Å². The molecule has 5 heteroatoms. The van der Waals surface area contributed by atoms with E-state index in [0.717, 1.165) is 17.0 Å². The SMILES string of the molecule is COc1ccc(-n2nc(C)c(C)c2C)cc1C(=O)O. The molecule has 0 unspecified atom stereocenters. The fraction of sp³-hybridized carbons (Fsp3) is 0.286. The van der Waals surface area contributed by atoms with Crippen LogP contribution < -0.4 is 4.74 Å². The van der Waals surface area contributed by atoms with E-state index in [-0.39, 0.29) is 5.56 Å².